The van der Waals surface area contributed by atoms with Crippen molar-refractivity contribution >= 4 is 6.09 Å². The predicted octanol–water partition coefficient (Wildman–Crippen LogP) is 2.95. The van der Waals surface area contributed by atoms with Crippen molar-refractivity contribution in [3.8, 4) is 0 Å². The highest BCUT2D eigenvalue weighted by molar-refractivity contribution is 5.69. The molecule has 2 rings (SSSR count). The van der Waals surface area contributed by atoms with Gasteiger partial charge < -0.3 is 15.8 Å². The molecule has 110 valence electrons. The Morgan fingerprint density at radius 2 is 1.74 bits per heavy atom. The van der Waals surface area contributed by atoms with Gasteiger partial charge in [-0.15, -0.1) is 0 Å². The van der Waals surface area contributed by atoms with Crippen molar-refractivity contribution in [2.75, 3.05) is 6.54 Å². The van der Waals surface area contributed by atoms with Gasteiger partial charge in [0, 0.05) is 12.0 Å². The molecule has 3 N–H and O–H groups in total. The van der Waals surface area contributed by atoms with E-state index in [-0.39, 0.29) is 17.0 Å². The van der Waals surface area contributed by atoms with E-state index in [0.717, 1.165) is 25.7 Å². The Bertz CT molecular complexity index is 337. The molecule has 0 aliphatic heterocycles. The third-order valence-corrected chi connectivity index (χ3v) is 4.91. The highest BCUT2D eigenvalue weighted by atomic mass is 16.6. The van der Waals surface area contributed by atoms with Gasteiger partial charge in [0.05, 0.1) is 5.54 Å². The minimum Gasteiger partial charge on any atom is -0.444 e. The van der Waals surface area contributed by atoms with Crippen LogP contribution in [0.5, 0.6) is 0 Å². The molecule has 0 aromatic heterocycles. The summed E-state index contributed by atoms with van der Waals surface area (Å²) >= 11 is 0. The van der Waals surface area contributed by atoms with E-state index in [4.69, 9.17) is 10.5 Å². The number of rotatable bonds is 3. The SMILES string of the molecule is CC(C)(C)OC(=O)NC1(C2(CN)CCCC2)CCC1. The van der Waals surface area contributed by atoms with E-state index in [1.54, 1.807) is 0 Å². The lowest BCUT2D eigenvalue weighted by Crippen LogP contribution is -2.66. The van der Waals surface area contributed by atoms with Crippen LogP contribution in [0.25, 0.3) is 0 Å². The van der Waals surface area contributed by atoms with Gasteiger partial charge in [-0.1, -0.05) is 12.8 Å². The van der Waals surface area contributed by atoms with Crippen LogP contribution in [0.3, 0.4) is 0 Å². The van der Waals surface area contributed by atoms with E-state index < -0.39 is 5.60 Å². The number of amides is 1. The van der Waals surface area contributed by atoms with Gasteiger partial charge in [0.25, 0.3) is 0 Å². The van der Waals surface area contributed by atoms with Crippen LogP contribution in [-0.2, 0) is 4.74 Å². The highest BCUT2D eigenvalue weighted by Crippen LogP contribution is 2.54. The summed E-state index contributed by atoms with van der Waals surface area (Å²) in [7, 11) is 0. The van der Waals surface area contributed by atoms with Crippen LogP contribution in [0.2, 0.25) is 0 Å². The van der Waals surface area contributed by atoms with E-state index in [1.807, 2.05) is 20.8 Å². The van der Waals surface area contributed by atoms with Crippen molar-refractivity contribution in [3.05, 3.63) is 0 Å². The van der Waals surface area contributed by atoms with Crippen molar-refractivity contribution in [1.29, 1.82) is 0 Å². The first kappa shape index (κ1) is 14.6. The van der Waals surface area contributed by atoms with Crippen molar-refractivity contribution in [3.63, 3.8) is 0 Å². The molecule has 2 fully saturated rings. The van der Waals surface area contributed by atoms with Gasteiger partial charge in [-0.25, -0.2) is 4.79 Å². The Morgan fingerprint density at radius 3 is 2.11 bits per heavy atom. The molecule has 0 aromatic carbocycles. The number of carbonyl (C=O) groups excluding carboxylic acids is 1. The normalized spacial score (nSPS) is 24.6. The van der Waals surface area contributed by atoms with Crippen molar-refractivity contribution in [2.24, 2.45) is 11.1 Å². The lowest BCUT2D eigenvalue weighted by Gasteiger charge is -2.54. The second-order valence-electron chi connectivity index (χ2n) is 7.25. The lowest BCUT2D eigenvalue weighted by atomic mass is 9.57. The van der Waals surface area contributed by atoms with E-state index in [1.165, 1.54) is 19.3 Å². The number of nitrogens with one attached hydrogen (secondary N) is 1. The Hall–Kier alpha value is -0.770. The van der Waals surface area contributed by atoms with E-state index in [2.05, 4.69) is 5.32 Å². The molecular weight excluding hydrogens is 240 g/mol. The second-order valence-corrected chi connectivity index (χ2v) is 7.25. The van der Waals surface area contributed by atoms with Crippen molar-refractivity contribution < 1.29 is 9.53 Å². The Kier molecular flexibility index (Phi) is 3.83. The maximum atomic E-state index is 12.1. The van der Waals surface area contributed by atoms with Crippen LogP contribution < -0.4 is 11.1 Å². The number of nitrogens with two attached hydrogens (primary N) is 1. The van der Waals surface area contributed by atoms with E-state index >= 15 is 0 Å². The van der Waals surface area contributed by atoms with Crippen molar-refractivity contribution in [1.82, 2.24) is 5.32 Å². The first-order valence-corrected chi connectivity index (χ1v) is 7.54. The fourth-order valence-corrected chi connectivity index (χ4v) is 3.75. The molecule has 2 saturated carbocycles. The number of hydrogen-bond acceptors (Lipinski definition) is 3. The smallest absolute Gasteiger partial charge is 0.408 e. The number of ether oxygens (including phenoxy) is 1. The number of carbonyl (C=O) groups is 1. The first-order valence-electron chi connectivity index (χ1n) is 7.54. The second kappa shape index (κ2) is 4.97. The van der Waals surface area contributed by atoms with E-state index in [9.17, 15) is 4.79 Å². The van der Waals surface area contributed by atoms with E-state index in [0.29, 0.717) is 6.54 Å². The molecule has 0 radical (unpaired) electrons. The predicted molar refractivity (Wildman–Crippen MR) is 75.9 cm³/mol. The zero-order valence-electron chi connectivity index (χ0n) is 12.6. The van der Waals surface area contributed by atoms with Crippen LogP contribution in [0.15, 0.2) is 0 Å². The van der Waals surface area contributed by atoms with Gasteiger partial charge in [0.15, 0.2) is 0 Å². The third kappa shape index (κ3) is 2.73. The van der Waals surface area contributed by atoms with Gasteiger partial charge in [0.2, 0.25) is 0 Å². The van der Waals surface area contributed by atoms with Gasteiger partial charge in [0.1, 0.15) is 5.60 Å². The average molecular weight is 268 g/mol. The zero-order chi connectivity index (χ0) is 14.1. The summed E-state index contributed by atoms with van der Waals surface area (Å²) in [4.78, 5) is 12.1. The molecule has 2 aliphatic carbocycles. The molecule has 19 heavy (non-hydrogen) atoms. The summed E-state index contributed by atoms with van der Waals surface area (Å²) in [5, 5.41) is 3.18. The molecule has 0 bridgehead atoms. The fourth-order valence-electron chi connectivity index (χ4n) is 3.75. The Morgan fingerprint density at radius 1 is 1.16 bits per heavy atom. The Labute approximate surface area is 116 Å². The average Bonchev–Trinajstić information content (AvgIpc) is 2.70. The maximum Gasteiger partial charge on any atom is 0.408 e. The highest BCUT2D eigenvalue weighted by Gasteiger charge is 2.56. The molecule has 0 aromatic rings. The number of hydrogen-bond donors (Lipinski definition) is 2. The van der Waals surface area contributed by atoms with Gasteiger partial charge in [-0.05, 0) is 52.9 Å². The summed E-state index contributed by atoms with van der Waals surface area (Å²) in [6.45, 7) is 6.36. The minimum atomic E-state index is -0.444. The molecule has 4 heteroatoms. The minimum absolute atomic E-state index is 0.0994. The summed E-state index contributed by atoms with van der Waals surface area (Å²) in [6, 6.07) is 0. The summed E-state index contributed by atoms with van der Waals surface area (Å²) in [5.41, 5.74) is 5.62. The first-order chi connectivity index (χ1) is 8.83. The van der Waals surface area contributed by atoms with Crippen LogP contribution in [0.1, 0.15) is 65.7 Å². The monoisotopic (exact) mass is 268 g/mol. The lowest BCUT2D eigenvalue weighted by molar-refractivity contribution is -0.00380. The fraction of sp³-hybridized carbons (Fsp3) is 0.933. The topological polar surface area (TPSA) is 64.3 Å². The molecule has 0 unspecified atom stereocenters. The van der Waals surface area contributed by atoms with Crippen molar-refractivity contribution in [2.45, 2.75) is 76.9 Å². The van der Waals surface area contributed by atoms with Gasteiger partial charge in [-0.2, -0.15) is 0 Å². The molecule has 0 spiro atoms. The summed E-state index contributed by atoms with van der Waals surface area (Å²) < 4.78 is 5.43. The Balaban J connectivity index is 2.08. The molecular formula is C15H28N2O2. The molecule has 2 aliphatic rings. The van der Waals surface area contributed by atoms with Crippen LogP contribution in [0, 0.1) is 5.41 Å². The molecule has 4 nitrogen and oxygen atoms in total. The van der Waals surface area contributed by atoms with Crippen LogP contribution in [0.4, 0.5) is 4.79 Å². The molecule has 0 heterocycles. The van der Waals surface area contributed by atoms with Gasteiger partial charge in [-0.3, -0.25) is 0 Å². The largest absolute Gasteiger partial charge is 0.444 e. The summed E-state index contributed by atoms with van der Waals surface area (Å²) in [5.74, 6) is 0. The van der Waals surface area contributed by atoms with Gasteiger partial charge >= 0.3 is 6.09 Å². The number of alkyl carbamates (subject to hydrolysis) is 1. The molecule has 1 amide bonds. The quantitative estimate of drug-likeness (QED) is 0.827. The zero-order valence-corrected chi connectivity index (χ0v) is 12.6. The standard InChI is InChI=1S/C15H28N2O2/c1-13(2,3)19-12(18)17-15(9-6-10-15)14(11-16)7-4-5-8-14/h4-11,16H2,1-3H3,(H,17,18). The maximum absolute atomic E-state index is 12.1. The molecule has 0 saturated heterocycles. The van der Waals surface area contributed by atoms with Crippen LogP contribution in [-0.4, -0.2) is 23.8 Å². The van der Waals surface area contributed by atoms with Crippen LogP contribution >= 0.6 is 0 Å². The molecule has 0 atom stereocenters. The third-order valence-electron chi connectivity index (χ3n) is 4.91. The summed E-state index contributed by atoms with van der Waals surface area (Å²) in [6.07, 6.45) is 7.72.